The highest BCUT2D eigenvalue weighted by molar-refractivity contribution is 5.83. The van der Waals surface area contributed by atoms with Crippen LogP contribution >= 0.6 is 0 Å². The SMILES string of the molecule is COCCCc1cnc(-c2cnc3c(cnn3C)c2)c(N2CCC(C(=O)O)CC2)n1. The molecule has 1 fully saturated rings. The summed E-state index contributed by atoms with van der Waals surface area (Å²) in [6.07, 6.45) is 8.25. The van der Waals surface area contributed by atoms with E-state index in [1.54, 1.807) is 24.2 Å². The molecule has 1 N–H and O–H groups in total. The molecular weight excluding hydrogens is 384 g/mol. The summed E-state index contributed by atoms with van der Waals surface area (Å²) >= 11 is 0. The molecule has 4 rings (SSSR count). The van der Waals surface area contributed by atoms with E-state index in [4.69, 9.17) is 14.7 Å². The standard InChI is InChI=1S/C21H26N6O3/c1-26-19-16(12-24-26)10-15(11-23-19)18-20(25-17(13-22-18)4-3-9-30-2)27-7-5-14(6-8-27)21(28)29/h10-14H,3-9H2,1-2H3,(H,28,29). The van der Waals surface area contributed by atoms with E-state index in [1.807, 2.05) is 19.3 Å². The van der Waals surface area contributed by atoms with Crippen LogP contribution in [0.2, 0.25) is 0 Å². The third-order valence-corrected chi connectivity index (χ3v) is 5.57. The van der Waals surface area contributed by atoms with Crippen LogP contribution in [0.4, 0.5) is 5.82 Å². The molecule has 1 saturated heterocycles. The number of anilines is 1. The second-order valence-corrected chi connectivity index (χ2v) is 7.63. The maximum atomic E-state index is 11.3. The fourth-order valence-electron chi connectivity index (χ4n) is 3.87. The molecule has 1 aliphatic rings. The highest BCUT2D eigenvalue weighted by Gasteiger charge is 2.27. The molecule has 30 heavy (non-hydrogen) atoms. The van der Waals surface area contributed by atoms with Gasteiger partial charge in [-0.1, -0.05) is 0 Å². The van der Waals surface area contributed by atoms with Crippen LogP contribution in [-0.2, 0) is 23.0 Å². The van der Waals surface area contributed by atoms with Crippen molar-refractivity contribution in [3.63, 3.8) is 0 Å². The monoisotopic (exact) mass is 410 g/mol. The zero-order valence-corrected chi connectivity index (χ0v) is 17.3. The van der Waals surface area contributed by atoms with Crippen LogP contribution in [0.1, 0.15) is 25.0 Å². The van der Waals surface area contributed by atoms with Gasteiger partial charge < -0.3 is 14.7 Å². The number of rotatable bonds is 7. The first-order chi connectivity index (χ1) is 14.6. The van der Waals surface area contributed by atoms with E-state index >= 15 is 0 Å². The van der Waals surface area contributed by atoms with Crippen molar-refractivity contribution in [3.05, 3.63) is 30.4 Å². The number of aromatic nitrogens is 5. The van der Waals surface area contributed by atoms with Crippen LogP contribution in [0.15, 0.2) is 24.7 Å². The number of carboxylic acid groups (broad SMARTS) is 1. The van der Waals surface area contributed by atoms with Gasteiger partial charge in [0.15, 0.2) is 11.5 Å². The van der Waals surface area contributed by atoms with Gasteiger partial charge in [-0.2, -0.15) is 5.10 Å². The maximum absolute atomic E-state index is 11.3. The number of nitrogens with zero attached hydrogens (tertiary/aromatic N) is 6. The second-order valence-electron chi connectivity index (χ2n) is 7.63. The summed E-state index contributed by atoms with van der Waals surface area (Å²) in [5.41, 5.74) is 3.35. The molecule has 158 valence electrons. The number of hydrogen-bond acceptors (Lipinski definition) is 7. The van der Waals surface area contributed by atoms with Crippen molar-refractivity contribution < 1.29 is 14.6 Å². The minimum absolute atomic E-state index is 0.295. The Morgan fingerprint density at radius 1 is 1.23 bits per heavy atom. The molecule has 0 aromatic carbocycles. The lowest BCUT2D eigenvalue weighted by molar-refractivity contribution is -0.142. The Labute approximate surface area is 174 Å². The summed E-state index contributed by atoms with van der Waals surface area (Å²) in [4.78, 5) is 27.7. The Morgan fingerprint density at radius 3 is 2.77 bits per heavy atom. The van der Waals surface area contributed by atoms with Gasteiger partial charge in [-0.15, -0.1) is 0 Å². The Morgan fingerprint density at radius 2 is 2.03 bits per heavy atom. The van der Waals surface area contributed by atoms with Crippen molar-refractivity contribution in [2.75, 3.05) is 31.7 Å². The van der Waals surface area contributed by atoms with E-state index in [2.05, 4.69) is 15.0 Å². The predicted molar refractivity (Wildman–Crippen MR) is 112 cm³/mol. The van der Waals surface area contributed by atoms with Gasteiger partial charge in [-0.25, -0.2) is 9.97 Å². The lowest BCUT2D eigenvalue weighted by atomic mass is 9.97. The van der Waals surface area contributed by atoms with Crippen molar-refractivity contribution in [3.8, 4) is 11.3 Å². The molecule has 0 saturated carbocycles. The molecule has 9 nitrogen and oxygen atoms in total. The number of aryl methyl sites for hydroxylation is 2. The average Bonchev–Trinajstić information content (AvgIpc) is 3.14. The average molecular weight is 410 g/mol. The molecule has 0 unspecified atom stereocenters. The zero-order valence-electron chi connectivity index (χ0n) is 17.3. The molecule has 0 atom stereocenters. The minimum Gasteiger partial charge on any atom is -0.481 e. The lowest BCUT2D eigenvalue weighted by Gasteiger charge is -2.32. The van der Waals surface area contributed by atoms with Crippen molar-refractivity contribution in [1.82, 2.24) is 24.7 Å². The molecule has 3 aromatic rings. The Balaban J connectivity index is 1.68. The van der Waals surface area contributed by atoms with Gasteiger partial charge in [0.2, 0.25) is 0 Å². The molecule has 0 spiro atoms. The van der Waals surface area contributed by atoms with E-state index < -0.39 is 5.97 Å². The molecule has 0 amide bonds. The predicted octanol–water partition coefficient (Wildman–Crippen LogP) is 2.31. The van der Waals surface area contributed by atoms with Gasteiger partial charge in [0, 0.05) is 57.2 Å². The van der Waals surface area contributed by atoms with Crippen LogP contribution in [0.5, 0.6) is 0 Å². The van der Waals surface area contributed by atoms with Crippen LogP contribution < -0.4 is 4.90 Å². The summed E-state index contributed by atoms with van der Waals surface area (Å²) in [6.45, 7) is 1.95. The van der Waals surface area contributed by atoms with E-state index in [0.717, 1.165) is 46.6 Å². The fraction of sp³-hybridized carbons (Fsp3) is 0.476. The number of carboxylic acids is 1. The van der Waals surface area contributed by atoms with E-state index in [9.17, 15) is 9.90 Å². The topological polar surface area (TPSA) is 106 Å². The number of aliphatic carboxylic acids is 1. The van der Waals surface area contributed by atoms with Gasteiger partial charge in [0.1, 0.15) is 5.69 Å². The smallest absolute Gasteiger partial charge is 0.306 e. The van der Waals surface area contributed by atoms with Crippen LogP contribution in [0.3, 0.4) is 0 Å². The summed E-state index contributed by atoms with van der Waals surface area (Å²) in [5.74, 6) is -0.227. The van der Waals surface area contributed by atoms with E-state index in [-0.39, 0.29) is 5.92 Å². The number of piperidine rings is 1. The van der Waals surface area contributed by atoms with Crippen molar-refractivity contribution in [2.45, 2.75) is 25.7 Å². The van der Waals surface area contributed by atoms with E-state index in [0.29, 0.717) is 32.5 Å². The normalized spacial score (nSPS) is 15.1. The second kappa shape index (κ2) is 8.74. The number of methoxy groups -OCH3 is 1. The Hall–Kier alpha value is -3.07. The number of pyridine rings is 1. The van der Waals surface area contributed by atoms with Crippen LogP contribution in [0.25, 0.3) is 22.3 Å². The quantitative estimate of drug-likeness (QED) is 0.592. The van der Waals surface area contributed by atoms with Gasteiger partial charge in [0.25, 0.3) is 0 Å². The third-order valence-electron chi connectivity index (χ3n) is 5.57. The van der Waals surface area contributed by atoms with Crippen LogP contribution in [0, 0.1) is 5.92 Å². The first-order valence-electron chi connectivity index (χ1n) is 10.2. The molecular formula is C21H26N6O3. The zero-order chi connectivity index (χ0) is 21.1. The molecule has 0 bridgehead atoms. The minimum atomic E-state index is -0.722. The van der Waals surface area contributed by atoms with Gasteiger partial charge in [-0.05, 0) is 31.7 Å². The number of carbonyl (C=O) groups is 1. The van der Waals surface area contributed by atoms with Crippen LogP contribution in [-0.4, -0.2) is 62.6 Å². The molecule has 0 aliphatic carbocycles. The highest BCUT2D eigenvalue weighted by atomic mass is 16.5. The van der Waals surface area contributed by atoms with Gasteiger partial charge in [0.05, 0.1) is 17.8 Å². The van der Waals surface area contributed by atoms with Gasteiger partial charge >= 0.3 is 5.97 Å². The summed E-state index contributed by atoms with van der Waals surface area (Å²) in [5, 5.41) is 14.5. The molecule has 9 heteroatoms. The van der Waals surface area contributed by atoms with Crippen molar-refractivity contribution in [1.29, 1.82) is 0 Å². The molecule has 4 heterocycles. The third kappa shape index (κ3) is 4.11. The largest absolute Gasteiger partial charge is 0.481 e. The first kappa shape index (κ1) is 20.2. The summed E-state index contributed by atoms with van der Waals surface area (Å²) in [6, 6.07) is 2.03. The summed E-state index contributed by atoms with van der Waals surface area (Å²) < 4.78 is 6.89. The van der Waals surface area contributed by atoms with Crippen molar-refractivity contribution >= 4 is 22.8 Å². The Bertz CT molecular complexity index is 1040. The lowest BCUT2D eigenvalue weighted by Crippen LogP contribution is -2.37. The molecule has 1 aliphatic heterocycles. The maximum Gasteiger partial charge on any atom is 0.306 e. The number of ether oxygens (including phenoxy) is 1. The molecule has 3 aromatic heterocycles. The fourth-order valence-corrected chi connectivity index (χ4v) is 3.87. The highest BCUT2D eigenvalue weighted by Crippen LogP contribution is 2.31. The molecule has 0 radical (unpaired) electrons. The van der Waals surface area contributed by atoms with Gasteiger partial charge in [-0.3, -0.25) is 14.5 Å². The summed E-state index contributed by atoms with van der Waals surface area (Å²) in [7, 11) is 3.55. The number of hydrogen-bond donors (Lipinski definition) is 1. The van der Waals surface area contributed by atoms with Crippen molar-refractivity contribution in [2.24, 2.45) is 13.0 Å². The number of fused-ring (bicyclic) bond motifs is 1. The first-order valence-corrected chi connectivity index (χ1v) is 10.2. The Kier molecular flexibility index (Phi) is 5.89. The van der Waals surface area contributed by atoms with E-state index in [1.165, 1.54) is 0 Å².